The van der Waals surface area contributed by atoms with E-state index in [4.69, 9.17) is 0 Å². The second-order valence-electron chi connectivity index (χ2n) is 12.1. The molecule has 7 aromatic carbocycles. The molecule has 0 bridgehead atoms. The van der Waals surface area contributed by atoms with E-state index in [-0.39, 0.29) is 0 Å². The average molecular weight is 622 g/mol. The number of rotatable bonds is 3. The number of hydrogen-bond acceptors (Lipinski definition) is 3. The maximum absolute atomic E-state index is 2.48. The van der Waals surface area contributed by atoms with E-state index < -0.39 is 5.41 Å². The van der Waals surface area contributed by atoms with Gasteiger partial charge in [-0.2, -0.15) is 0 Å². The van der Waals surface area contributed by atoms with E-state index in [1.54, 1.807) is 0 Å². The molecule has 0 radical (unpaired) electrons. The van der Waals surface area contributed by atoms with E-state index in [9.17, 15) is 0 Å². The Morgan fingerprint density at radius 2 is 0.804 bits per heavy atom. The maximum Gasteiger partial charge on any atom is 0.0742 e. The minimum absolute atomic E-state index is 0.549. The Bertz CT molecular complexity index is 2450. The molecule has 0 N–H and O–H groups in total. The van der Waals surface area contributed by atoms with Gasteiger partial charge in [0.1, 0.15) is 0 Å². The van der Waals surface area contributed by atoms with Crippen LogP contribution in [-0.2, 0) is 5.41 Å². The lowest BCUT2D eigenvalue weighted by molar-refractivity contribution is 0.734. The Kier molecular flexibility index (Phi) is 5.60. The second-order valence-corrected chi connectivity index (χ2v) is 14.2. The molecule has 0 fully saturated rings. The van der Waals surface area contributed by atoms with Crippen molar-refractivity contribution < 1.29 is 0 Å². The lowest BCUT2D eigenvalue weighted by atomic mass is 9.62. The van der Waals surface area contributed by atoms with E-state index in [2.05, 4.69) is 169 Å². The first-order chi connectivity index (χ1) is 22.8. The van der Waals surface area contributed by atoms with Crippen molar-refractivity contribution >= 4 is 80.1 Å². The van der Waals surface area contributed by atoms with Crippen molar-refractivity contribution in [1.29, 1.82) is 0 Å². The van der Waals surface area contributed by atoms with Crippen LogP contribution in [0.25, 0.3) is 40.3 Å². The summed E-state index contributed by atoms with van der Waals surface area (Å²) in [6.07, 6.45) is 0. The van der Waals surface area contributed by atoms with Gasteiger partial charge in [-0.25, -0.2) is 0 Å². The zero-order valence-electron chi connectivity index (χ0n) is 24.9. The number of benzene rings is 7. The molecule has 9 aromatic rings. The van der Waals surface area contributed by atoms with Crippen LogP contribution in [-0.4, -0.2) is 0 Å². The number of para-hydroxylation sites is 3. The molecule has 0 aliphatic carbocycles. The zero-order valence-corrected chi connectivity index (χ0v) is 26.5. The fourth-order valence-electron chi connectivity index (χ4n) is 7.81. The van der Waals surface area contributed by atoms with Crippen LogP contribution in [0.15, 0.2) is 164 Å². The van der Waals surface area contributed by atoms with Gasteiger partial charge in [-0.15, -0.1) is 22.7 Å². The van der Waals surface area contributed by atoms with Gasteiger partial charge in [0.2, 0.25) is 0 Å². The molecule has 0 saturated heterocycles. The predicted octanol–water partition coefficient (Wildman–Crippen LogP) is 12.6. The van der Waals surface area contributed by atoms with Crippen LogP contribution in [0, 0.1) is 0 Å². The molecule has 0 spiro atoms. The van der Waals surface area contributed by atoms with Gasteiger partial charge in [0.15, 0.2) is 0 Å². The zero-order chi connectivity index (χ0) is 30.2. The Morgan fingerprint density at radius 1 is 0.370 bits per heavy atom. The number of anilines is 3. The summed E-state index contributed by atoms with van der Waals surface area (Å²) in [6, 6.07) is 61.0. The van der Waals surface area contributed by atoms with E-state index in [1.807, 2.05) is 22.7 Å². The van der Waals surface area contributed by atoms with Crippen LogP contribution in [0.1, 0.15) is 22.3 Å². The lowest BCUT2D eigenvalue weighted by Crippen LogP contribution is -2.37. The third-order valence-electron chi connectivity index (χ3n) is 9.73. The quantitative estimate of drug-likeness (QED) is 0.190. The fourth-order valence-corrected chi connectivity index (χ4v) is 9.98. The van der Waals surface area contributed by atoms with Gasteiger partial charge in [0.05, 0.1) is 16.8 Å². The van der Waals surface area contributed by atoms with Crippen LogP contribution in [0.4, 0.5) is 17.1 Å². The number of thiophene rings is 2. The summed E-state index contributed by atoms with van der Waals surface area (Å²) in [5, 5.41) is 5.28. The van der Waals surface area contributed by atoms with Crippen LogP contribution in [0.2, 0.25) is 0 Å². The highest BCUT2D eigenvalue weighted by molar-refractivity contribution is 7.26. The van der Waals surface area contributed by atoms with Crippen molar-refractivity contribution in [3.05, 3.63) is 186 Å². The average Bonchev–Trinajstić information content (AvgIpc) is 3.69. The minimum Gasteiger partial charge on any atom is -0.310 e. The molecule has 1 nitrogen and oxygen atoms in total. The normalized spacial score (nSPS) is 13.8. The Labute approximate surface area is 275 Å². The molecule has 3 heteroatoms. The van der Waals surface area contributed by atoms with Gasteiger partial charge in [-0.3, -0.25) is 0 Å². The molecular formula is C43H27NS2. The summed E-state index contributed by atoms with van der Waals surface area (Å²) in [6.45, 7) is 0. The highest BCUT2D eigenvalue weighted by Crippen LogP contribution is 2.58. The first kappa shape index (κ1) is 26.0. The molecule has 216 valence electrons. The van der Waals surface area contributed by atoms with Crippen molar-refractivity contribution in [2.45, 2.75) is 5.41 Å². The summed E-state index contributed by atoms with van der Waals surface area (Å²) in [5.74, 6) is 0. The maximum atomic E-state index is 2.48. The van der Waals surface area contributed by atoms with Crippen molar-refractivity contribution in [3.8, 4) is 0 Å². The van der Waals surface area contributed by atoms with Gasteiger partial charge in [-0.1, -0.05) is 103 Å². The van der Waals surface area contributed by atoms with Gasteiger partial charge < -0.3 is 4.90 Å². The first-order valence-electron chi connectivity index (χ1n) is 15.7. The molecule has 46 heavy (non-hydrogen) atoms. The fraction of sp³-hybridized carbons (Fsp3) is 0.0233. The molecule has 1 aliphatic heterocycles. The summed E-state index contributed by atoms with van der Waals surface area (Å²) < 4.78 is 5.30. The van der Waals surface area contributed by atoms with Crippen LogP contribution >= 0.6 is 22.7 Å². The first-order valence-corrected chi connectivity index (χ1v) is 17.3. The molecule has 0 amide bonds. The van der Waals surface area contributed by atoms with E-state index in [0.717, 1.165) is 5.69 Å². The Hall–Kier alpha value is -5.22. The predicted molar refractivity (Wildman–Crippen MR) is 199 cm³/mol. The van der Waals surface area contributed by atoms with E-state index >= 15 is 0 Å². The highest BCUT2D eigenvalue weighted by atomic mass is 32.1. The van der Waals surface area contributed by atoms with Gasteiger partial charge in [0.25, 0.3) is 0 Å². The molecule has 3 heterocycles. The summed E-state index contributed by atoms with van der Waals surface area (Å²) in [5.41, 5.74) is 8.17. The van der Waals surface area contributed by atoms with Gasteiger partial charge in [-0.05, 0) is 82.9 Å². The number of nitrogens with zero attached hydrogens (tertiary/aromatic N) is 1. The third kappa shape index (κ3) is 3.56. The molecule has 0 unspecified atom stereocenters. The second kappa shape index (κ2) is 9.89. The molecule has 1 aliphatic rings. The Morgan fingerprint density at radius 3 is 1.35 bits per heavy atom. The minimum atomic E-state index is -0.549. The van der Waals surface area contributed by atoms with Gasteiger partial charge in [0, 0.05) is 46.0 Å². The topological polar surface area (TPSA) is 3.24 Å². The molecular weight excluding hydrogens is 595 g/mol. The third-order valence-corrected chi connectivity index (χ3v) is 12.0. The van der Waals surface area contributed by atoms with E-state index in [1.165, 1.54) is 74.0 Å². The van der Waals surface area contributed by atoms with Crippen molar-refractivity contribution in [1.82, 2.24) is 0 Å². The van der Waals surface area contributed by atoms with Crippen LogP contribution < -0.4 is 4.90 Å². The Balaban J connectivity index is 1.37. The number of fused-ring (bicyclic) bond motifs is 8. The summed E-state index contributed by atoms with van der Waals surface area (Å²) in [7, 11) is 0. The molecule has 2 aromatic heterocycles. The van der Waals surface area contributed by atoms with Crippen LogP contribution in [0.5, 0.6) is 0 Å². The number of hydrogen-bond donors (Lipinski definition) is 0. The van der Waals surface area contributed by atoms with E-state index in [0.29, 0.717) is 0 Å². The molecule has 10 rings (SSSR count). The molecule has 0 saturated carbocycles. The van der Waals surface area contributed by atoms with Crippen molar-refractivity contribution in [3.63, 3.8) is 0 Å². The van der Waals surface area contributed by atoms with Crippen molar-refractivity contribution in [2.24, 2.45) is 0 Å². The lowest BCUT2D eigenvalue weighted by Gasteiger charge is -2.46. The monoisotopic (exact) mass is 621 g/mol. The largest absolute Gasteiger partial charge is 0.310 e. The van der Waals surface area contributed by atoms with Crippen molar-refractivity contribution in [2.75, 3.05) is 4.90 Å². The summed E-state index contributed by atoms with van der Waals surface area (Å²) in [4.78, 5) is 2.44. The smallest absolute Gasteiger partial charge is 0.0742 e. The standard InChI is InChI=1S/C43H27NS2/c1-2-12-30(13-3-1)44-37-18-8-6-16-35(37)43(36-17-7-9-19-38(36)44,28-22-24-41-33(26-28)31-14-4-10-20-39(31)45-41)29-23-25-42-34(27-29)32-15-5-11-21-40(32)46-42/h1-27H. The molecule has 0 atom stereocenters. The van der Waals surface area contributed by atoms with Crippen LogP contribution in [0.3, 0.4) is 0 Å². The highest BCUT2D eigenvalue weighted by Gasteiger charge is 2.46. The summed E-state index contributed by atoms with van der Waals surface area (Å²) >= 11 is 3.76. The van der Waals surface area contributed by atoms with Gasteiger partial charge >= 0.3 is 0 Å². The SMILES string of the molecule is c1ccc(N2c3ccccc3C(c3ccc4sc5ccccc5c4c3)(c3ccc4sc5ccccc5c4c3)c3ccccc32)cc1.